The summed E-state index contributed by atoms with van der Waals surface area (Å²) in [5.41, 5.74) is 0.232. The van der Waals surface area contributed by atoms with Crippen molar-refractivity contribution < 1.29 is 4.79 Å². The van der Waals surface area contributed by atoms with E-state index in [2.05, 4.69) is 27.2 Å². The zero-order chi connectivity index (χ0) is 16.1. The zero-order valence-electron chi connectivity index (χ0n) is 13.0. The van der Waals surface area contributed by atoms with E-state index in [0.29, 0.717) is 12.4 Å². The predicted octanol–water partition coefficient (Wildman–Crippen LogP) is 2.52. The molecule has 6 nitrogen and oxygen atoms in total. The number of carbonyl (C=O) groups excluding carboxylic acids is 1. The lowest BCUT2D eigenvalue weighted by atomic mass is 10.1. The van der Waals surface area contributed by atoms with E-state index in [0.717, 1.165) is 6.54 Å². The predicted molar refractivity (Wildman–Crippen MR) is 84.9 cm³/mol. The smallest absolute Gasteiger partial charge is 0.271 e. The van der Waals surface area contributed by atoms with Gasteiger partial charge in [-0.2, -0.15) is 0 Å². The summed E-state index contributed by atoms with van der Waals surface area (Å²) >= 11 is 6.03. The quantitative estimate of drug-likeness (QED) is 0.887. The maximum atomic E-state index is 12.2. The molecule has 0 spiro atoms. The normalized spacial score (nSPS) is 12.4. The minimum atomic E-state index is -0.271. The molecule has 0 unspecified atom stereocenters. The van der Waals surface area contributed by atoms with Gasteiger partial charge in [0.1, 0.15) is 11.5 Å². The van der Waals surface area contributed by atoms with Crippen molar-refractivity contribution in [3.63, 3.8) is 0 Å². The molecule has 2 aromatic rings. The summed E-state index contributed by atoms with van der Waals surface area (Å²) < 4.78 is 1.98. The standard InChI is InChI=1S/C15H20ClN5O/c1-10(2)14-18-7-12(16)13(20-14)15(22)19-6-11(3)8-21-5-4-17-9-21/h4-5,7,9-11H,6,8H2,1-3H3,(H,19,22)/t11-/m0/s1. The third-order valence-corrected chi connectivity index (χ3v) is 3.46. The van der Waals surface area contributed by atoms with Crippen LogP contribution in [0, 0.1) is 5.92 Å². The Hall–Kier alpha value is -1.95. The summed E-state index contributed by atoms with van der Waals surface area (Å²) in [6, 6.07) is 0. The first-order valence-electron chi connectivity index (χ1n) is 7.23. The number of hydrogen-bond donors (Lipinski definition) is 1. The lowest BCUT2D eigenvalue weighted by molar-refractivity contribution is 0.0941. The van der Waals surface area contributed by atoms with Gasteiger partial charge >= 0.3 is 0 Å². The lowest BCUT2D eigenvalue weighted by Crippen LogP contribution is -2.31. The SMILES string of the molecule is CC(C)c1ncc(Cl)c(C(=O)NC[C@H](C)Cn2ccnc2)n1. The molecule has 22 heavy (non-hydrogen) atoms. The highest BCUT2D eigenvalue weighted by Gasteiger charge is 2.16. The highest BCUT2D eigenvalue weighted by molar-refractivity contribution is 6.33. The van der Waals surface area contributed by atoms with Gasteiger partial charge in [-0.05, 0) is 5.92 Å². The number of carbonyl (C=O) groups is 1. The van der Waals surface area contributed by atoms with Gasteiger partial charge in [0.05, 0.1) is 17.5 Å². The molecule has 0 radical (unpaired) electrons. The van der Waals surface area contributed by atoms with E-state index >= 15 is 0 Å². The minimum Gasteiger partial charge on any atom is -0.350 e. The molecule has 2 rings (SSSR count). The molecule has 0 saturated heterocycles. The van der Waals surface area contributed by atoms with Crippen LogP contribution in [0.5, 0.6) is 0 Å². The molecule has 1 atom stereocenters. The summed E-state index contributed by atoms with van der Waals surface area (Å²) in [6.45, 7) is 7.32. The summed E-state index contributed by atoms with van der Waals surface area (Å²) in [4.78, 5) is 24.6. The van der Waals surface area contributed by atoms with Gasteiger partial charge in [-0.15, -0.1) is 0 Å². The van der Waals surface area contributed by atoms with E-state index in [9.17, 15) is 4.79 Å². The number of nitrogens with zero attached hydrogens (tertiary/aromatic N) is 4. The molecular weight excluding hydrogens is 302 g/mol. The molecule has 2 heterocycles. The van der Waals surface area contributed by atoms with E-state index in [4.69, 9.17) is 11.6 Å². The molecule has 0 aliphatic rings. The fourth-order valence-corrected chi connectivity index (χ4v) is 2.16. The molecule has 2 aromatic heterocycles. The van der Waals surface area contributed by atoms with Gasteiger partial charge in [0.25, 0.3) is 5.91 Å². The van der Waals surface area contributed by atoms with E-state index in [1.165, 1.54) is 6.20 Å². The van der Waals surface area contributed by atoms with Crippen molar-refractivity contribution in [3.05, 3.63) is 41.5 Å². The van der Waals surface area contributed by atoms with Crippen molar-refractivity contribution in [2.24, 2.45) is 5.92 Å². The van der Waals surface area contributed by atoms with E-state index in [1.54, 1.807) is 12.5 Å². The Bertz CT molecular complexity index is 627. The van der Waals surface area contributed by atoms with Crippen LogP contribution in [-0.4, -0.2) is 32.0 Å². The maximum absolute atomic E-state index is 12.2. The zero-order valence-corrected chi connectivity index (χ0v) is 13.7. The topological polar surface area (TPSA) is 72.7 Å². The first-order chi connectivity index (χ1) is 10.5. The molecule has 7 heteroatoms. The van der Waals surface area contributed by atoms with Gasteiger partial charge in [-0.25, -0.2) is 15.0 Å². The molecule has 0 aliphatic heterocycles. The van der Waals surface area contributed by atoms with Crippen LogP contribution < -0.4 is 5.32 Å². The molecule has 0 fully saturated rings. The number of imidazole rings is 1. The van der Waals surface area contributed by atoms with Crippen LogP contribution in [0.2, 0.25) is 5.02 Å². The van der Waals surface area contributed by atoms with Crippen LogP contribution in [0.3, 0.4) is 0 Å². The lowest BCUT2D eigenvalue weighted by Gasteiger charge is -2.14. The van der Waals surface area contributed by atoms with Crippen LogP contribution in [0.25, 0.3) is 0 Å². The Morgan fingerprint density at radius 3 is 2.82 bits per heavy atom. The fourth-order valence-electron chi connectivity index (χ4n) is 1.99. The Labute approximate surface area is 135 Å². The average molecular weight is 322 g/mol. The Kier molecular flexibility index (Phi) is 5.49. The Balaban J connectivity index is 1.95. The van der Waals surface area contributed by atoms with Gasteiger partial charge in [0, 0.05) is 31.4 Å². The molecule has 1 N–H and O–H groups in total. The Morgan fingerprint density at radius 2 is 2.18 bits per heavy atom. The molecular formula is C15H20ClN5O. The maximum Gasteiger partial charge on any atom is 0.271 e. The van der Waals surface area contributed by atoms with Crippen molar-refractivity contribution in [3.8, 4) is 0 Å². The van der Waals surface area contributed by atoms with Crippen molar-refractivity contribution in [1.82, 2.24) is 24.8 Å². The van der Waals surface area contributed by atoms with Gasteiger partial charge in [-0.3, -0.25) is 4.79 Å². The van der Waals surface area contributed by atoms with Crippen LogP contribution in [0.4, 0.5) is 0 Å². The highest BCUT2D eigenvalue weighted by Crippen LogP contribution is 2.16. The first kappa shape index (κ1) is 16.4. The van der Waals surface area contributed by atoms with Gasteiger partial charge < -0.3 is 9.88 Å². The van der Waals surface area contributed by atoms with Crippen LogP contribution in [0.15, 0.2) is 24.9 Å². The second-order valence-electron chi connectivity index (χ2n) is 5.65. The molecule has 0 bridgehead atoms. The summed E-state index contributed by atoms with van der Waals surface area (Å²) in [7, 11) is 0. The van der Waals surface area contributed by atoms with Crippen molar-refractivity contribution in [1.29, 1.82) is 0 Å². The molecule has 0 aromatic carbocycles. The van der Waals surface area contributed by atoms with Crippen molar-refractivity contribution in [2.45, 2.75) is 33.2 Å². The number of aromatic nitrogens is 4. The second kappa shape index (κ2) is 7.35. The van der Waals surface area contributed by atoms with E-state index < -0.39 is 0 Å². The minimum absolute atomic E-state index is 0.143. The molecule has 1 amide bonds. The monoisotopic (exact) mass is 321 g/mol. The number of halogens is 1. The largest absolute Gasteiger partial charge is 0.350 e. The van der Waals surface area contributed by atoms with E-state index in [-0.39, 0.29) is 28.5 Å². The van der Waals surface area contributed by atoms with Gasteiger partial charge in [0.2, 0.25) is 0 Å². The summed E-state index contributed by atoms with van der Waals surface area (Å²) in [5.74, 6) is 0.750. The Morgan fingerprint density at radius 1 is 1.41 bits per heavy atom. The van der Waals surface area contributed by atoms with Crippen LogP contribution >= 0.6 is 11.6 Å². The molecule has 118 valence electrons. The molecule has 0 aliphatic carbocycles. The number of rotatable bonds is 6. The third kappa shape index (κ3) is 4.27. The van der Waals surface area contributed by atoms with Crippen LogP contribution in [0.1, 0.15) is 43.0 Å². The number of nitrogens with one attached hydrogen (secondary N) is 1. The average Bonchev–Trinajstić information content (AvgIpc) is 2.97. The van der Waals surface area contributed by atoms with Gasteiger partial charge in [0.15, 0.2) is 0 Å². The first-order valence-corrected chi connectivity index (χ1v) is 7.61. The summed E-state index contributed by atoms with van der Waals surface area (Å²) in [5, 5.41) is 3.14. The third-order valence-electron chi connectivity index (χ3n) is 3.19. The van der Waals surface area contributed by atoms with Crippen molar-refractivity contribution >= 4 is 17.5 Å². The van der Waals surface area contributed by atoms with Crippen LogP contribution in [-0.2, 0) is 6.54 Å². The number of amides is 1. The van der Waals surface area contributed by atoms with Crippen molar-refractivity contribution in [2.75, 3.05) is 6.54 Å². The fraction of sp³-hybridized carbons (Fsp3) is 0.467. The van der Waals surface area contributed by atoms with E-state index in [1.807, 2.05) is 24.6 Å². The van der Waals surface area contributed by atoms with Gasteiger partial charge in [-0.1, -0.05) is 32.4 Å². The second-order valence-corrected chi connectivity index (χ2v) is 6.06. The highest BCUT2D eigenvalue weighted by atomic mass is 35.5. The summed E-state index contributed by atoms with van der Waals surface area (Å²) in [6.07, 6.45) is 6.87. The molecule has 0 saturated carbocycles. The number of hydrogen-bond acceptors (Lipinski definition) is 4.